The van der Waals surface area contributed by atoms with Gasteiger partial charge in [-0.2, -0.15) is 0 Å². The molecular formula is C35H34ClN3O6S. The van der Waals surface area contributed by atoms with E-state index in [1.54, 1.807) is 84.9 Å². The summed E-state index contributed by atoms with van der Waals surface area (Å²) in [5, 5.41) is 8.52. The van der Waals surface area contributed by atoms with E-state index in [1.165, 1.54) is 39.2 Å². The van der Waals surface area contributed by atoms with Crippen molar-refractivity contribution in [1.82, 2.24) is 5.32 Å². The monoisotopic (exact) mass is 659 g/mol. The summed E-state index contributed by atoms with van der Waals surface area (Å²) in [5.74, 6) is 0.0186. The van der Waals surface area contributed by atoms with Crippen molar-refractivity contribution in [3.8, 4) is 17.2 Å². The molecule has 3 N–H and O–H groups in total. The Balaban J connectivity index is 1.60. The van der Waals surface area contributed by atoms with Gasteiger partial charge in [0.2, 0.25) is 5.91 Å². The van der Waals surface area contributed by atoms with Crippen LogP contribution in [0, 0.1) is 0 Å². The highest BCUT2D eigenvalue weighted by Gasteiger charge is 2.21. The molecule has 1 unspecified atom stereocenters. The fourth-order valence-corrected chi connectivity index (χ4v) is 5.57. The number of amides is 3. The topological polar surface area (TPSA) is 115 Å². The summed E-state index contributed by atoms with van der Waals surface area (Å²) in [6, 6.07) is 26.0. The SMILES string of the molecule is CCC(Sc1cccc(NC(=O)/C(=C\c2cc(OC)c(OC)cc2OC)NC(=O)c2ccccc2)c1)C(=O)Nc1ccccc1Cl. The molecule has 4 aromatic carbocycles. The Morgan fingerprint density at radius 1 is 0.804 bits per heavy atom. The minimum Gasteiger partial charge on any atom is -0.496 e. The van der Waals surface area contributed by atoms with E-state index >= 15 is 0 Å². The second kappa shape index (κ2) is 16.4. The minimum atomic E-state index is -0.577. The Hall–Kier alpha value is -4.93. The highest BCUT2D eigenvalue weighted by molar-refractivity contribution is 8.00. The lowest BCUT2D eigenvalue weighted by Gasteiger charge is -2.17. The van der Waals surface area contributed by atoms with Crippen molar-refractivity contribution in [2.75, 3.05) is 32.0 Å². The highest BCUT2D eigenvalue weighted by Crippen LogP contribution is 2.36. The molecule has 0 aliphatic carbocycles. The highest BCUT2D eigenvalue weighted by atomic mass is 35.5. The van der Waals surface area contributed by atoms with Gasteiger partial charge in [0.15, 0.2) is 11.5 Å². The van der Waals surface area contributed by atoms with Crippen LogP contribution in [0.2, 0.25) is 5.02 Å². The summed E-state index contributed by atoms with van der Waals surface area (Å²) in [6.07, 6.45) is 2.06. The van der Waals surface area contributed by atoms with Gasteiger partial charge >= 0.3 is 0 Å². The smallest absolute Gasteiger partial charge is 0.272 e. The van der Waals surface area contributed by atoms with Crippen LogP contribution < -0.4 is 30.2 Å². The number of nitrogens with one attached hydrogen (secondary N) is 3. The lowest BCUT2D eigenvalue weighted by atomic mass is 10.1. The van der Waals surface area contributed by atoms with Gasteiger partial charge in [-0.1, -0.05) is 54.9 Å². The largest absolute Gasteiger partial charge is 0.496 e. The number of hydrogen-bond acceptors (Lipinski definition) is 7. The minimum absolute atomic E-state index is 0.0389. The fourth-order valence-electron chi connectivity index (χ4n) is 4.37. The van der Waals surface area contributed by atoms with Crippen molar-refractivity contribution < 1.29 is 28.6 Å². The third-order valence-corrected chi connectivity index (χ3v) is 8.42. The molecule has 4 rings (SSSR count). The van der Waals surface area contributed by atoms with Crippen molar-refractivity contribution in [3.63, 3.8) is 0 Å². The maximum atomic E-state index is 13.7. The lowest BCUT2D eigenvalue weighted by molar-refractivity contribution is -0.116. The molecule has 46 heavy (non-hydrogen) atoms. The van der Waals surface area contributed by atoms with Gasteiger partial charge < -0.3 is 30.2 Å². The van der Waals surface area contributed by atoms with E-state index in [2.05, 4.69) is 16.0 Å². The summed E-state index contributed by atoms with van der Waals surface area (Å²) in [7, 11) is 4.49. The number of rotatable bonds is 13. The van der Waals surface area contributed by atoms with Crippen molar-refractivity contribution >= 4 is 58.5 Å². The van der Waals surface area contributed by atoms with Crippen LogP contribution in [0.1, 0.15) is 29.3 Å². The zero-order chi connectivity index (χ0) is 33.1. The zero-order valence-corrected chi connectivity index (χ0v) is 27.3. The maximum absolute atomic E-state index is 13.7. The Bertz CT molecular complexity index is 1730. The van der Waals surface area contributed by atoms with Crippen LogP contribution in [0.4, 0.5) is 11.4 Å². The van der Waals surface area contributed by atoms with E-state index in [9.17, 15) is 14.4 Å². The molecule has 0 spiro atoms. The van der Waals surface area contributed by atoms with Crippen LogP contribution in [0.25, 0.3) is 6.08 Å². The Labute approximate surface area is 277 Å². The van der Waals surface area contributed by atoms with Gasteiger partial charge in [-0.05, 0) is 61.0 Å². The molecule has 0 bridgehead atoms. The Morgan fingerprint density at radius 2 is 1.48 bits per heavy atom. The first-order valence-corrected chi connectivity index (χ1v) is 15.5. The first-order valence-electron chi connectivity index (χ1n) is 14.3. The number of ether oxygens (including phenoxy) is 3. The maximum Gasteiger partial charge on any atom is 0.272 e. The summed E-state index contributed by atoms with van der Waals surface area (Å²) in [4.78, 5) is 40.7. The van der Waals surface area contributed by atoms with E-state index < -0.39 is 17.1 Å². The van der Waals surface area contributed by atoms with Crippen LogP contribution in [-0.4, -0.2) is 44.3 Å². The Morgan fingerprint density at radius 3 is 2.15 bits per heavy atom. The van der Waals surface area contributed by atoms with E-state index in [0.29, 0.717) is 51.2 Å². The average molecular weight is 660 g/mol. The molecule has 11 heteroatoms. The molecule has 0 radical (unpaired) electrons. The van der Waals surface area contributed by atoms with E-state index in [1.807, 2.05) is 13.0 Å². The average Bonchev–Trinajstić information content (AvgIpc) is 3.08. The van der Waals surface area contributed by atoms with Gasteiger partial charge in [-0.15, -0.1) is 11.8 Å². The molecule has 4 aromatic rings. The van der Waals surface area contributed by atoms with Gasteiger partial charge in [0, 0.05) is 27.8 Å². The number of para-hydroxylation sites is 1. The summed E-state index contributed by atoms with van der Waals surface area (Å²) in [5.41, 5.74) is 1.81. The molecule has 0 heterocycles. The van der Waals surface area contributed by atoms with Gasteiger partial charge in [-0.25, -0.2) is 0 Å². The predicted molar refractivity (Wildman–Crippen MR) is 183 cm³/mol. The van der Waals surface area contributed by atoms with Crippen LogP contribution in [-0.2, 0) is 9.59 Å². The van der Waals surface area contributed by atoms with Crippen molar-refractivity contribution in [3.05, 3.63) is 113 Å². The first kappa shape index (κ1) is 34.0. The van der Waals surface area contributed by atoms with Gasteiger partial charge in [0.25, 0.3) is 11.8 Å². The fraction of sp³-hybridized carbons (Fsp3) is 0.171. The number of hydrogen-bond donors (Lipinski definition) is 3. The Kier molecular flexibility index (Phi) is 12.1. The molecule has 9 nitrogen and oxygen atoms in total. The number of carbonyl (C=O) groups excluding carboxylic acids is 3. The molecule has 0 saturated carbocycles. The van der Waals surface area contributed by atoms with Gasteiger partial charge in [-0.3, -0.25) is 14.4 Å². The summed E-state index contributed by atoms with van der Waals surface area (Å²) < 4.78 is 16.4. The van der Waals surface area contributed by atoms with Crippen molar-refractivity contribution in [2.45, 2.75) is 23.5 Å². The molecule has 0 aliphatic rings. The first-order chi connectivity index (χ1) is 22.3. The zero-order valence-electron chi connectivity index (χ0n) is 25.8. The van der Waals surface area contributed by atoms with Gasteiger partial charge in [0.05, 0.1) is 37.3 Å². The molecule has 0 aromatic heterocycles. The van der Waals surface area contributed by atoms with Crippen LogP contribution >= 0.6 is 23.4 Å². The molecule has 1 atom stereocenters. The number of carbonyl (C=O) groups is 3. The number of anilines is 2. The third kappa shape index (κ3) is 8.83. The van der Waals surface area contributed by atoms with E-state index in [0.717, 1.165) is 4.90 Å². The van der Waals surface area contributed by atoms with Crippen molar-refractivity contribution in [2.24, 2.45) is 0 Å². The third-order valence-electron chi connectivity index (χ3n) is 6.73. The quantitative estimate of drug-likeness (QED) is 0.102. The standard InChI is InChI=1S/C35H34ClN3O6S/c1-5-32(35(42)38-27-17-10-9-16-26(27)36)46-25-15-11-14-24(20-25)37-34(41)28(39-33(40)22-12-7-6-8-13-22)18-23-19-30(44-3)31(45-4)21-29(23)43-2/h6-21,32H,5H2,1-4H3,(H,37,41)(H,38,42)(H,39,40)/b28-18+. The summed E-state index contributed by atoms with van der Waals surface area (Å²) >= 11 is 7.58. The number of benzene rings is 4. The molecule has 238 valence electrons. The van der Waals surface area contributed by atoms with Crippen molar-refractivity contribution in [1.29, 1.82) is 0 Å². The molecule has 0 saturated heterocycles. The molecular weight excluding hydrogens is 626 g/mol. The molecule has 0 aliphatic heterocycles. The number of methoxy groups -OCH3 is 3. The summed E-state index contributed by atoms with van der Waals surface area (Å²) in [6.45, 7) is 1.92. The molecule has 0 fully saturated rings. The van der Waals surface area contributed by atoms with E-state index in [-0.39, 0.29) is 11.6 Å². The normalized spacial score (nSPS) is 11.6. The number of thioether (sulfide) groups is 1. The van der Waals surface area contributed by atoms with Crippen LogP contribution in [0.3, 0.4) is 0 Å². The van der Waals surface area contributed by atoms with E-state index in [4.69, 9.17) is 25.8 Å². The second-order valence-corrected chi connectivity index (χ2v) is 11.5. The lowest BCUT2D eigenvalue weighted by Crippen LogP contribution is -2.30. The van der Waals surface area contributed by atoms with Crippen LogP contribution in [0.5, 0.6) is 17.2 Å². The predicted octanol–water partition coefficient (Wildman–Crippen LogP) is 7.28. The van der Waals surface area contributed by atoms with Crippen LogP contribution in [0.15, 0.2) is 102 Å². The van der Waals surface area contributed by atoms with Gasteiger partial charge in [0.1, 0.15) is 11.4 Å². The molecule has 3 amide bonds. The number of halogens is 1. The second-order valence-electron chi connectivity index (χ2n) is 9.79.